The van der Waals surface area contributed by atoms with E-state index in [0.717, 1.165) is 10.8 Å². The van der Waals surface area contributed by atoms with Crippen LogP contribution in [0.25, 0.3) is 10.8 Å². The highest BCUT2D eigenvalue weighted by Crippen LogP contribution is 2.22. The third-order valence-electron chi connectivity index (χ3n) is 4.26. The number of hydrogen-bond acceptors (Lipinski definition) is 8. The minimum Gasteiger partial charge on any atom is -0.383 e. The van der Waals surface area contributed by atoms with Gasteiger partial charge in [0, 0.05) is 41.3 Å². The van der Waals surface area contributed by atoms with Gasteiger partial charge in [-0.2, -0.15) is 0 Å². The molecule has 9 heteroatoms. The molecular weight excluding hydrogens is 400 g/mol. The molecule has 0 atom stereocenters. The molecule has 0 saturated heterocycles. The first kappa shape index (κ1) is 19.3. The van der Waals surface area contributed by atoms with Crippen molar-refractivity contribution >= 4 is 37.9 Å². The lowest BCUT2D eigenvalue weighted by Crippen LogP contribution is -1.98. The number of sulfone groups is 1. The van der Waals surface area contributed by atoms with Gasteiger partial charge in [0.1, 0.15) is 23.7 Å². The SMILES string of the molecule is CS(=O)(=O)c1ccc(Nc2cc3c(C#Cc4cncnc4N)nccc3cn2)cc1. The van der Waals surface area contributed by atoms with Crippen LogP contribution in [0.3, 0.4) is 0 Å². The Kier molecular flexibility index (Phi) is 5.00. The number of nitrogen functional groups attached to an aromatic ring is 1. The first-order valence-electron chi connectivity index (χ1n) is 8.79. The highest BCUT2D eigenvalue weighted by molar-refractivity contribution is 7.90. The van der Waals surface area contributed by atoms with Gasteiger partial charge in [-0.05, 0) is 42.3 Å². The molecule has 148 valence electrons. The third-order valence-corrected chi connectivity index (χ3v) is 5.39. The molecule has 0 unspecified atom stereocenters. The molecule has 0 bridgehead atoms. The average molecular weight is 416 g/mol. The predicted molar refractivity (Wildman–Crippen MR) is 115 cm³/mol. The summed E-state index contributed by atoms with van der Waals surface area (Å²) in [7, 11) is -3.24. The Balaban J connectivity index is 1.67. The van der Waals surface area contributed by atoms with Gasteiger partial charge in [0.15, 0.2) is 9.84 Å². The van der Waals surface area contributed by atoms with Crippen LogP contribution in [0.4, 0.5) is 17.3 Å². The van der Waals surface area contributed by atoms with Crippen molar-refractivity contribution in [3.63, 3.8) is 0 Å². The fourth-order valence-corrected chi connectivity index (χ4v) is 3.36. The maximum Gasteiger partial charge on any atom is 0.175 e. The van der Waals surface area contributed by atoms with Gasteiger partial charge >= 0.3 is 0 Å². The van der Waals surface area contributed by atoms with Crippen molar-refractivity contribution in [3.05, 3.63) is 72.6 Å². The average Bonchev–Trinajstić information content (AvgIpc) is 2.73. The molecule has 30 heavy (non-hydrogen) atoms. The topological polar surface area (TPSA) is 124 Å². The summed E-state index contributed by atoms with van der Waals surface area (Å²) in [6, 6.07) is 10.1. The van der Waals surface area contributed by atoms with Gasteiger partial charge in [-0.1, -0.05) is 5.92 Å². The van der Waals surface area contributed by atoms with Crippen molar-refractivity contribution in [2.75, 3.05) is 17.3 Å². The number of nitrogens with one attached hydrogen (secondary N) is 1. The fourth-order valence-electron chi connectivity index (χ4n) is 2.73. The predicted octanol–water partition coefficient (Wildman–Crippen LogP) is 2.55. The van der Waals surface area contributed by atoms with Gasteiger partial charge in [-0.25, -0.2) is 28.4 Å². The van der Waals surface area contributed by atoms with E-state index in [1.165, 1.54) is 12.6 Å². The number of pyridine rings is 2. The van der Waals surface area contributed by atoms with E-state index >= 15 is 0 Å². The molecular formula is C21H16N6O2S. The molecule has 1 aromatic carbocycles. The second-order valence-corrected chi connectivity index (χ2v) is 8.46. The number of nitrogens with zero attached hydrogens (tertiary/aromatic N) is 4. The zero-order chi connectivity index (χ0) is 21.1. The molecule has 3 N–H and O–H groups in total. The molecule has 0 aliphatic rings. The summed E-state index contributed by atoms with van der Waals surface area (Å²) in [4.78, 5) is 16.9. The Morgan fingerprint density at radius 3 is 2.53 bits per heavy atom. The van der Waals surface area contributed by atoms with E-state index in [9.17, 15) is 8.42 Å². The number of anilines is 3. The van der Waals surface area contributed by atoms with Crippen LogP contribution in [-0.4, -0.2) is 34.6 Å². The van der Waals surface area contributed by atoms with Crippen molar-refractivity contribution in [3.8, 4) is 11.8 Å². The van der Waals surface area contributed by atoms with Crippen LogP contribution in [0.15, 0.2) is 66.2 Å². The van der Waals surface area contributed by atoms with E-state index in [1.807, 2.05) is 12.1 Å². The Hall–Kier alpha value is -4.03. The minimum absolute atomic E-state index is 0.255. The summed E-state index contributed by atoms with van der Waals surface area (Å²) in [6.07, 6.45) is 7.47. The number of benzene rings is 1. The standard InChI is InChI=1S/C21H16N6O2S/c1-30(28,29)17-5-3-16(4-6-17)27-20-10-18-14(12-25-20)8-9-24-19(18)7-2-15-11-23-13-26-21(15)22/h3-6,8-13H,1H3,(H,25,27)(H2,22,23,26). The number of nitrogens with two attached hydrogens (primary N) is 1. The van der Waals surface area contributed by atoms with Crippen molar-refractivity contribution < 1.29 is 8.42 Å². The zero-order valence-electron chi connectivity index (χ0n) is 15.9. The van der Waals surface area contributed by atoms with E-state index in [-0.39, 0.29) is 4.90 Å². The van der Waals surface area contributed by atoms with E-state index in [4.69, 9.17) is 5.73 Å². The number of hydrogen-bond donors (Lipinski definition) is 2. The maximum absolute atomic E-state index is 11.6. The lowest BCUT2D eigenvalue weighted by molar-refractivity contribution is 0.602. The quantitative estimate of drug-likeness (QED) is 0.488. The van der Waals surface area contributed by atoms with Crippen molar-refractivity contribution in [1.29, 1.82) is 0 Å². The van der Waals surface area contributed by atoms with Crippen LogP contribution in [0, 0.1) is 11.8 Å². The van der Waals surface area contributed by atoms with Crippen LogP contribution in [0.5, 0.6) is 0 Å². The first-order chi connectivity index (χ1) is 14.4. The van der Waals surface area contributed by atoms with E-state index < -0.39 is 9.84 Å². The molecule has 3 aromatic heterocycles. The molecule has 0 spiro atoms. The molecule has 8 nitrogen and oxygen atoms in total. The zero-order valence-corrected chi connectivity index (χ0v) is 16.7. The highest BCUT2D eigenvalue weighted by Gasteiger charge is 2.07. The molecule has 4 rings (SSSR count). The molecule has 0 radical (unpaired) electrons. The summed E-state index contributed by atoms with van der Waals surface area (Å²) in [5, 5.41) is 4.85. The van der Waals surface area contributed by atoms with Gasteiger partial charge in [-0.15, -0.1) is 0 Å². The summed E-state index contributed by atoms with van der Waals surface area (Å²) < 4.78 is 23.2. The van der Waals surface area contributed by atoms with E-state index in [1.54, 1.807) is 42.9 Å². The van der Waals surface area contributed by atoms with E-state index in [0.29, 0.717) is 28.6 Å². The van der Waals surface area contributed by atoms with Gasteiger partial charge in [0.05, 0.1) is 10.5 Å². The molecule has 0 fully saturated rings. The number of aromatic nitrogens is 4. The van der Waals surface area contributed by atoms with Gasteiger partial charge < -0.3 is 11.1 Å². The van der Waals surface area contributed by atoms with Crippen molar-refractivity contribution in [2.24, 2.45) is 0 Å². The Bertz CT molecular complexity index is 1410. The molecule has 4 aromatic rings. The van der Waals surface area contributed by atoms with Crippen LogP contribution in [0.1, 0.15) is 11.3 Å². The largest absolute Gasteiger partial charge is 0.383 e. The van der Waals surface area contributed by atoms with E-state index in [2.05, 4.69) is 37.1 Å². The second-order valence-electron chi connectivity index (χ2n) is 6.44. The molecule has 0 amide bonds. The van der Waals surface area contributed by atoms with Gasteiger partial charge in [0.2, 0.25) is 0 Å². The Labute approximate surface area is 173 Å². The Morgan fingerprint density at radius 2 is 1.80 bits per heavy atom. The maximum atomic E-state index is 11.6. The second kappa shape index (κ2) is 7.77. The van der Waals surface area contributed by atoms with Crippen molar-refractivity contribution in [1.82, 2.24) is 19.9 Å². The smallest absolute Gasteiger partial charge is 0.175 e. The molecule has 3 heterocycles. The number of rotatable bonds is 3. The van der Waals surface area contributed by atoms with Crippen molar-refractivity contribution in [2.45, 2.75) is 4.90 Å². The molecule has 0 saturated carbocycles. The Morgan fingerprint density at radius 1 is 1.00 bits per heavy atom. The summed E-state index contributed by atoms with van der Waals surface area (Å²) in [5.41, 5.74) is 7.61. The highest BCUT2D eigenvalue weighted by atomic mass is 32.2. The van der Waals surface area contributed by atoms with Gasteiger partial charge in [-0.3, -0.25) is 0 Å². The monoisotopic (exact) mass is 416 g/mol. The lowest BCUT2D eigenvalue weighted by atomic mass is 10.1. The lowest BCUT2D eigenvalue weighted by Gasteiger charge is -2.08. The van der Waals surface area contributed by atoms with Crippen LogP contribution in [-0.2, 0) is 9.84 Å². The number of fused-ring (bicyclic) bond motifs is 1. The van der Waals surface area contributed by atoms with Gasteiger partial charge in [0.25, 0.3) is 0 Å². The summed E-state index contributed by atoms with van der Waals surface area (Å²) in [5.74, 6) is 6.85. The van der Waals surface area contributed by atoms with Crippen LogP contribution in [0.2, 0.25) is 0 Å². The molecule has 0 aliphatic carbocycles. The van der Waals surface area contributed by atoms with Crippen LogP contribution >= 0.6 is 0 Å². The van der Waals surface area contributed by atoms with Crippen LogP contribution < -0.4 is 11.1 Å². The normalized spacial score (nSPS) is 11.0. The fraction of sp³-hybridized carbons (Fsp3) is 0.0476. The summed E-state index contributed by atoms with van der Waals surface area (Å²) in [6.45, 7) is 0. The minimum atomic E-state index is -3.24. The first-order valence-corrected chi connectivity index (χ1v) is 10.7. The third kappa shape index (κ3) is 4.19. The molecule has 0 aliphatic heterocycles. The summed E-state index contributed by atoms with van der Waals surface area (Å²) >= 11 is 0.